The van der Waals surface area contributed by atoms with Crippen molar-refractivity contribution in [1.29, 1.82) is 0 Å². The smallest absolute Gasteiger partial charge is 0.255 e. The highest BCUT2D eigenvalue weighted by molar-refractivity contribution is 6.26. The average molecular weight is 1040 g/mol. The maximum atomic E-state index is 15.5. The lowest BCUT2D eigenvalue weighted by atomic mass is 9.52. The first-order valence-corrected chi connectivity index (χ1v) is 23.4. The van der Waals surface area contributed by atoms with Crippen molar-refractivity contribution in [1.82, 2.24) is 9.80 Å². The van der Waals surface area contributed by atoms with Crippen LogP contribution in [0.3, 0.4) is 0 Å². The number of aliphatic hydroxyl groups is 6. The molecule has 0 aromatic heterocycles. The van der Waals surface area contributed by atoms with Gasteiger partial charge in [0.15, 0.2) is 28.5 Å². The topological polar surface area (TPSA) is 378 Å². The largest absolute Gasteiger partial charge is 0.508 e. The number of anilines is 2. The number of halogens is 2. The Kier molecular flexibility index (Phi) is 13.1. The van der Waals surface area contributed by atoms with E-state index in [0.717, 1.165) is 12.1 Å². The number of benzene rings is 2. The van der Waals surface area contributed by atoms with Gasteiger partial charge in [-0.05, 0) is 65.7 Å². The highest BCUT2D eigenvalue weighted by atomic mass is 19.1. The van der Waals surface area contributed by atoms with Crippen LogP contribution in [0.2, 0.25) is 0 Å². The number of aromatic hydroxyl groups is 2. The van der Waals surface area contributed by atoms with Crippen LogP contribution in [0.5, 0.6) is 11.5 Å². The number of primary amides is 2. The lowest BCUT2D eigenvalue weighted by molar-refractivity contribution is -0.157. The second-order valence-corrected chi connectivity index (χ2v) is 22.3. The van der Waals surface area contributed by atoms with Gasteiger partial charge in [-0.3, -0.25) is 43.4 Å². The quantitative estimate of drug-likeness (QED) is 0.108. The van der Waals surface area contributed by atoms with Gasteiger partial charge in [0.25, 0.3) is 11.8 Å². The molecule has 2 saturated carbocycles. The van der Waals surface area contributed by atoms with E-state index in [-0.39, 0.29) is 71.2 Å². The van der Waals surface area contributed by atoms with Crippen molar-refractivity contribution in [3.8, 4) is 11.5 Å². The van der Waals surface area contributed by atoms with Crippen LogP contribution >= 0.6 is 0 Å². The van der Waals surface area contributed by atoms with Gasteiger partial charge in [0.1, 0.15) is 51.6 Å². The normalized spacial score (nSPS) is 29.5. The maximum absolute atomic E-state index is 15.5. The Labute approximate surface area is 422 Å². The number of Topliss-reactive ketones (excluding diaryl/α,β-unsaturated/α-hetero) is 4. The molecule has 0 spiro atoms. The fourth-order valence-corrected chi connectivity index (χ4v) is 12.1. The van der Waals surface area contributed by atoms with Gasteiger partial charge in [-0.15, -0.1) is 0 Å². The van der Waals surface area contributed by atoms with Crippen LogP contribution in [0.4, 0.5) is 20.2 Å². The predicted molar refractivity (Wildman–Crippen MR) is 259 cm³/mol. The Balaban J connectivity index is 0.000000221. The van der Waals surface area contributed by atoms with Crippen LogP contribution in [0.15, 0.2) is 45.9 Å². The standard InChI is InChI=1S/C29H36FN3O8.C22H24FN3O7/c1-27(2,3)8-7-16(34)32-15-9-14(30)12-10-28(4)11-13-20(33(5)6)23(37)18(26(31)40)24(38)29(13,41)25(39)19(28)22(36)17(12)21(15)35;1-21-5-7-9(23)4-10(24)15(27)11(7)16(28)13(21)19(31)22(33)8(6-21)14(26(2)3)17(29)12(18(22)30)20(25)32/h9,13,20,35-36,38,41H,7-8,10-11H2,1-6H3,(H2,31,40)(H,32,34);4,8,14,27-28,30,33H,5-6,24H2,1-3H3,(H2,25,32)/t13-,20-,28-,29+;8-,14-,21-,22+/m00/s1. The summed E-state index contributed by atoms with van der Waals surface area (Å²) in [5.74, 6) is -16.9. The highest BCUT2D eigenvalue weighted by Gasteiger charge is 2.68. The van der Waals surface area contributed by atoms with Crippen molar-refractivity contribution in [3.05, 3.63) is 79.8 Å². The zero-order chi connectivity index (χ0) is 55.8. The van der Waals surface area contributed by atoms with Gasteiger partial charge in [-0.1, -0.05) is 34.6 Å². The number of nitrogen functional groups attached to an aromatic ring is 1. The van der Waals surface area contributed by atoms with E-state index in [1.807, 2.05) is 20.8 Å². The number of carbonyl (C=O) groups is 7. The minimum atomic E-state index is -2.82. The molecule has 2 fully saturated rings. The van der Waals surface area contributed by atoms with E-state index in [1.54, 1.807) is 13.8 Å². The number of hydrogen-bond donors (Lipinski definition) is 12. The third kappa shape index (κ3) is 7.89. The molecule has 0 radical (unpaired) electrons. The Hall–Kier alpha value is -7.21. The minimum absolute atomic E-state index is 0.0789. The predicted octanol–water partition coefficient (Wildman–Crippen LogP) is 2.33. The third-order valence-electron chi connectivity index (χ3n) is 15.6. The number of amides is 3. The van der Waals surface area contributed by atoms with Crippen molar-refractivity contribution in [2.75, 3.05) is 39.2 Å². The zero-order valence-corrected chi connectivity index (χ0v) is 42.0. The molecule has 3 amide bonds. The zero-order valence-electron chi connectivity index (χ0n) is 42.0. The number of ketones is 4. The Morgan fingerprint density at radius 1 is 0.689 bits per heavy atom. The number of fused-ring (bicyclic) bond motifs is 6. The number of rotatable bonds is 7. The van der Waals surface area contributed by atoms with E-state index in [4.69, 9.17) is 17.2 Å². The monoisotopic (exact) mass is 1030 g/mol. The van der Waals surface area contributed by atoms with Crippen LogP contribution in [-0.2, 0) is 46.4 Å². The summed E-state index contributed by atoms with van der Waals surface area (Å²) in [6, 6.07) is -0.638. The molecule has 74 heavy (non-hydrogen) atoms. The van der Waals surface area contributed by atoms with Crippen molar-refractivity contribution in [2.45, 2.75) is 96.4 Å². The van der Waals surface area contributed by atoms with Gasteiger partial charge in [0, 0.05) is 63.5 Å². The molecule has 2 aromatic rings. The van der Waals surface area contributed by atoms with E-state index < -0.39 is 155 Å². The minimum Gasteiger partial charge on any atom is -0.508 e. The lowest BCUT2D eigenvalue weighted by Crippen LogP contribution is -2.67. The van der Waals surface area contributed by atoms with Gasteiger partial charge in [-0.25, -0.2) is 8.78 Å². The van der Waals surface area contributed by atoms with E-state index in [0.29, 0.717) is 6.42 Å². The Morgan fingerprint density at radius 2 is 1.07 bits per heavy atom. The summed E-state index contributed by atoms with van der Waals surface area (Å²) < 4.78 is 30.3. The van der Waals surface area contributed by atoms with E-state index in [2.05, 4.69) is 5.32 Å². The van der Waals surface area contributed by atoms with Crippen LogP contribution < -0.4 is 22.5 Å². The summed E-state index contributed by atoms with van der Waals surface area (Å²) in [7, 11) is 5.97. The molecular formula is C51H60F2N6O15. The van der Waals surface area contributed by atoms with E-state index in [9.17, 15) is 78.8 Å². The van der Waals surface area contributed by atoms with Gasteiger partial charge < -0.3 is 63.4 Å². The van der Waals surface area contributed by atoms with E-state index in [1.165, 1.54) is 38.0 Å². The first-order valence-electron chi connectivity index (χ1n) is 23.4. The van der Waals surface area contributed by atoms with Crippen molar-refractivity contribution in [2.24, 2.45) is 39.5 Å². The molecule has 6 aliphatic rings. The first-order chi connectivity index (χ1) is 33.9. The second kappa shape index (κ2) is 17.7. The third-order valence-corrected chi connectivity index (χ3v) is 15.6. The summed E-state index contributed by atoms with van der Waals surface area (Å²) in [5.41, 5.74) is 3.51. The number of hydrogen-bond acceptors (Lipinski definition) is 18. The fourth-order valence-electron chi connectivity index (χ4n) is 12.1. The molecule has 0 saturated heterocycles. The number of nitrogens with zero attached hydrogens (tertiary/aromatic N) is 2. The molecule has 0 heterocycles. The lowest BCUT2D eigenvalue weighted by Gasteiger charge is -2.53. The molecule has 15 N–H and O–H groups in total. The van der Waals surface area contributed by atoms with Gasteiger partial charge >= 0.3 is 0 Å². The number of carbonyl (C=O) groups excluding carboxylic acids is 7. The molecule has 8 rings (SSSR count). The molecule has 0 bridgehead atoms. The van der Waals surface area contributed by atoms with E-state index >= 15 is 4.39 Å². The number of nitrogens with one attached hydrogen (secondary N) is 1. The average Bonchev–Trinajstić information content (AvgIpc) is 3.26. The fraction of sp³-hybridized carbons (Fsp3) is 0.471. The second-order valence-electron chi connectivity index (χ2n) is 22.3. The number of likely N-dealkylation sites (N-methyl/N-ethyl adjacent to an activating group) is 2. The van der Waals surface area contributed by atoms with Gasteiger partial charge in [0.05, 0.1) is 34.6 Å². The van der Waals surface area contributed by atoms with Crippen LogP contribution in [0.25, 0.3) is 11.5 Å². The summed E-state index contributed by atoms with van der Waals surface area (Å²) in [6.07, 6.45) is -0.136. The van der Waals surface area contributed by atoms with Crippen molar-refractivity contribution < 1.29 is 83.2 Å². The maximum Gasteiger partial charge on any atom is 0.255 e. The Bertz CT molecular complexity index is 3080. The number of phenols is 2. The molecule has 2 aromatic carbocycles. The van der Waals surface area contributed by atoms with Crippen molar-refractivity contribution in [3.63, 3.8) is 0 Å². The summed E-state index contributed by atoms with van der Waals surface area (Å²) >= 11 is 0. The highest BCUT2D eigenvalue weighted by Crippen LogP contribution is 2.60. The summed E-state index contributed by atoms with van der Waals surface area (Å²) in [6.45, 7) is 8.92. The molecule has 8 atom stereocenters. The molecular weight excluding hydrogens is 975 g/mol. The number of aliphatic hydroxyl groups excluding tert-OH is 4. The summed E-state index contributed by atoms with van der Waals surface area (Å²) in [5, 5.41) is 91.3. The number of nitrogens with two attached hydrogens (primary N) is 3. The molecule has 6 aliphatic carbocycles. The Morgan fingerprint density at radius 3 is 1.43 bits per heavy atom. The summed E-state index contributed by atoms with van der Waals surface area (Å²) in [4.78, 5) is 93.4. The van der Waals surface area contributed by atoms with Crippen molar-refractivity contribution >= 4 is 63.7 Å². The number of phenolic OH excluding ortho intramolecular Hbond substituents is 2. The molecule has 0 unspecified atom stereocenters. The molecule has 398 valence electrons. The van der Waals surface area contributed by atoms with Gasteiger partial charge in [-0.2, -0.15) is 0 Å². The molecule has 0 aliphatic heterocycles. The SMILES string of the molecule is CN(C)[C@@H]1C(=O)C(C(N)=O)=C(O)[C@@]2(O)C(=O)C3=C(O)c4c(O)c(N)cc(F)c4C[C@@]3(C)C[C@@H]12.CN(C)[C@@H]1C(=O)C(C(N)=O)=C(O)[C@@]2(O)C(=O)C3=C(O)c4c(O)c(NC(=O)CCC(C)(C)C)cc(F)c4C[C@@]3(C)C[C@@H]12. The van der Waals surface area contributed by atoms with Gasteiger partial charge in [0.2, 0.25) is 17.5 Å². The first kappa shape index (κ1) is 54.6. The van der Waals surface area contributed by atoms with Crippen LogP contribution in [-0.4, -0.2) is 143 Å². The molecule has 21 nitrogen and oxygen atoms in total. The van der Waals surface area contributed by atoms with Crippen LogP contribution in [0, 0.1) is 39.7 Å². The molecule has 23 heteroatoms. The van der Waals surface area contributed by atoms with Crippen LogP contribution in [0.1, 0.15) is 82.6 Å².